The minimum absolute atomic E-state index is 0.175. The number of carbonyl (C=O) groups is 2. The Balaban J connectivity index is 2.25. The summed E-state index contributed by atoms with van der Waals surface area (Å²) in [6.45, 7) is 2.49. The van der Waals surface area contributed by atoms with Gasteiger partial charge in [0.25, 0.3) is 0 Å². The second-order valence-electron chi connectivity index (χ2n) is 5.10. The molecular formula is C15H16N2O3. The molecule has 5 heteroatoms. The van der Waals surface area contributed by atoms with Crippen molar-refractivity contribution in [2.75, 3.05) is 13.1 Å². The topological polar surface area (TPSA) is 81.4 Å². The lowest BCUT2D eigenvalue weighted by Crippen LogP contribution is -2.29. The Labute approximate surface area is 117 Å². The molecule has 1 fully saturated rings. The van der Waals surface area contributed by atoms with Gasteiger partial charge in [0, 0.05) is 19.0 Å². The Kier molecular flexibility index (Phi) is 4.04. The molecule has 1 N–H and O–H groups in total. The fourth-order valence-corrected chi connectivity index (χ4v) is 2.68. The predicted octanol–water partition coefficient (Wildman–Crippen LogP) is 1.54. The van der Waals surface area contributed by atoms with Crippen LogP contribution in [0.25, 0.3) is 0 Å². The van der Waals surface area contributed by atoms with Crippen molar-refractivity contribution in [3.05, 3.63) is 35.4 Å². The molecule has 1 saturated heterocycles. The maximum atomic E-state index is 11.8. The molecule has 5 nitrogen and oxygen atoms in total. The first-order valence-corrected chi connectivity index (χ1v) is 6.47. The fourth-order valence-electron chi connectivity index (χ4n) is 2.68. The van der Waals surface area contributed by atoms with Gasteiger partial charge in [0.2, 0.25) is 5.91 Å². The van der Waals surface area contributed by atoms with Gasteiger partial charge in [-0.05, 0) is 12.5 Å². The maximum Gasteiger partial charge on any atom is 0.308 e. The molecule has 1 aliphatic heterocycles. The van der Waals surface area contributed by atoms with Gasteiger partial charge in [0.15, 0.2) is 0 Å². The average Bonchev–Trinajstić information content (AvgIpc) is 2.84. The van der Waals surface area contributed by atoms with Crippen molar-refractivity contribution in [3.63, 3.8) is 0 Å². The zero-order chi connectivity index (χ0) is 14.7. The second kappa shape index (κ2) is 5.74. The van der Waals surface area contributed by atoms with Gasteiger partial charge in [-0.25, -0.2) is 0 Å². The Bertz CT molecular complexity index is 577. The van der Waals surface area contributed by atoms with Gasteiger partial charge in [0.05, 0.1) is 12.0 Å². The van der Waals surface area contributed by atoms with E-state index in [0.29, 0.717) is 6.54 Å². The number of benzene rings is 1. The highest BCUT2D eigenvalue weighted by Crippen LogP contribution is 2.33. The summed E-state index contributed by atoms with van der Waals surface area (Å²) in [5.41, 5.74) is 2.00. The number of nitrogens with zero attached hydrogens (tertiary/aromatic N) is 2. The molecule has 0 unspecified atom stereocenters. The minimum Gasteiger partial charge on any atom is -0.481 e. The molecule has 0 bridgehead atoms. The number of aryl methyl sites for hydroxylation is 1. The quantitative estimate of drug-likeness (QED) is 0.904. The van der Waals surface area contributed by atoms with Gasteiger partial charge in [0.1, 0.15) is 6.42 Å². The maximum absolute atomic E-state index is 11.8. The van der Waals surface area contributed by atoms with E-state index in [1.54, 1.807) is 0 Å². The lowest BCUT2D eigenvalue weighted by molar-refractivity contribution is -0.141. The van der Waals surface area contributed by atoms with E-state index in [1.807, 2.05) is 37.3 Å². The highest BCUT2D eigenvalue weighted by atomic mass is 16.4. The molecule has 104 valence electrons. The van der Waals surface area contributed by atoms with Crippen LogP contribution in [0.3, 0.4) is 0 Å². The number of carboxylic acid groups (broad SMARTS) is 1. The Morgan fingerprint density at radius 3 is 2.80 bits per heavy atom. The van der Waals surface area contributed by atoms with E-state index in [4.69, 9.17) is 5.26 Å². The molecule has 1 aromatic rings. The van der Waals surface area contributed by atoms with Gasteiger partial charge in [-0.1, -0.05) is 29.8 Å². The predicted molar refractivity (Wildman–Crippen MR) is 71.9 cm³/mol. The molecular weight excluding hydrogens is 256 g/mol. The lowest BCUT2D eigenvalue weighted by atomic mass is 9.88. The van der Waals surface area contributed by atoms with E-state index >= 15 is 0 Å². The standard InChI is InChI=1S/C15H16N2O3/c1-10-3-2-4-11(7-10)12-8-17(14(18)5-6-16)9-13(12)15(19)20/h2-4,7,12-13H,5,8-9H2,1H3,(H,19,20)/t12-,13+/m0/s1. The summed E-state index contributed by atoms with van der Waals surface area (Å²) in [7, 11) is 0. The van der Waals surface area contributed by atoms with Crippen molar-refractivity contribution >= 4 is 11.9 Å². The first kappa shape index (κ1) is 14.1. The molecule has 1 aromatic carbocycles. The second-order valence-corrected chi connectivity index (χ2v) is 5.10. The van der Waals surface area contributed by atoms with Gasteiger partial charge >= 0.3 is 5.97 Å². The highest BCUT2D eigenvalue weighted by Gasteiger charge is 2.40. The van der Waals surface area contributed by atoms with Crippen LogP contribution in [0.5, 0.6) is 0 Å². The zero-order valence-corrected chi connectivity index (χ0v) is 11.2. The smallest absolute Gasteiger partial charge is 0.308 e. The third-order valence-electron chi connectivity index (χ3n) is 3.69. The zero-order valence-electron chi connectivity index (χ0n) is 11.2. The number of rotatable bonds is 3. The van der Waals surface area contributed by atoms with Crippen LogP contribution in [-0.2, 0) is 9.59 Å². The van der Waals surface area contributed by atoms with Gasteiger partial charge in [-0.2, -0.15) is 5.26 Å². The molecule has 1 heterocycles. The molecule has 2 atom stereocenters. The average molecular weight is 272 g/mol. The largest absolute Gasteiger partial charge is 0.481 e. The summed E-state index contributed by atoms with van der Waals surface area (Å²) in [6, 6.07) is 9.51. The number of carbonyl (C=O) groups excluding carboxylic acids is 1. The highest BCUT2D eigenvalue weighted by molar-refractivity contribution is 5.81. The van der Waals surface area contributed by atoms with Gasteiger partial charge in [-0.15, -0.1) is 0 Å². The molecule has 0 radical (unpaired) electrons. The van der Waals surface area contributed by atoms with E-state index in [9.17, 15) is 14.7 Å². The van der Waals surface area contributed by atoms with Crippen LogP contribution in [0.1, 0.15) is 23.5 Å². The number of amides is 1. The van der Waals surface area contributed by atoms with Crippen LogP contribution in [0.15, 0.2) is 24.3 Å². The monoisotopic (exact) mass is 272 g/mol. The van der Waals surface area contributed by atoms with Crippen molar-refractivity contribution in [1.29, 1.82) is 5.26 Å². The number of hydrogen-bond acceptors (Lipinski definition) is 3. The number of aliphatic carboxylic acids is 1. The summed E-state index contributed by atoms with van der Waals surface area (Å²) in [5, 5.41) is 17.9. The summed E-state index contributed by atoms with van der Waals surface area (Å²) in [6.07, 6.45) is -0.202. The molecule has 1 amide bonds. The van der Waals surface area contributed by atoms with E-state index in [0.717, 1.165) is 11.1 Å². The first-order chi connectivity index (χ1) is 9.52. The third kappa shape index (κ3) is 2.80. The summed E-state index contributed by atoms with van der Waals surface area (Å²) in [4.78, 5) is 24.6. The molecule has 0 aliphatic carbocycles. The summed E-state index contributed by atoms with van der Waals surface area (Å²) >= 11 is 0. The number of hydrogen-bond donors (Lipinski definition) is 1. The lowest BCUT2D eigenvalue weighted by Gasteiger charge is -2.15. The van der Waals surface area contributed by atoms with E-state index in [-0.39, 0.29) is 24.8 Å². The van der Waals surface area contributed by atoms with Crippen molar-refractivity contribution in [1.82, 2.24) is 4.90 Å². The number of nitriles is 1. The molecule has 0 saturated carbocycles. The minimum atomic E-state index is -0.899. The summed E-state index contributed by atoms with van der Waals surface area (Å²) in [5.74, 6) is -2.02. The van der Waals surface area contributed by atoms with Crippen molar-refractivity contribution in [3.8, 4) is 6.07 Å². The Hall–Kier alpha value is -2.35. The third-order valence-corrected chi connectivity index (χ3v) is 3.69. The fraction of sp³-hybridized carbons (Fsp3) is 0.400. The van der Waals surface area contributed by atoms with Crippen LogP contribution in [0.2, 0.25) is 0 Å². The Morgan fingerprint density at radius 1 is 1.45 bits per heavy atom. The van der Waals surface area contributed by atoms with Gasteiger partial charge in [-0.3, -0.25) is 9.59 Å². The SMILES string of the molecule is Cc1cccc([C@@H]2CN(C(=O)CC#N)C[C@H]2C(=O)O)c1. The van der Waals surface area contributed by atoms with Crippen LogP contribution in [0, 0.1) is 24.2 Å². The van der Waals surface area contributed by atoms with Gasteiger partial charge < -0.3 is 10.0 Å². The molecule has 2 rings (SSSR count). The van der Waals surface area contributed by atoms with Crippen LogP contribution in [0.4, 0.5) is 0 Å². The Morgan fingerprint density at radius 2 is 2.20 bits per heavy atom. The van der Waals surface area contributed by atoms with Crippen LogP contribution < -0.4 is 0 Å². The van der Waals surface area contributed by atoms with E-state index in [1.165, 1.54) is 4.90 Å². The number of likely N-dealkylation sites (tertiary alicyclic amines) is 1. The molecule has 0 aromatic heterocycles. The van der Waals surface area contributed by atoms with Crippen molar-refractivity contribution in [2.45, 2.75) is 19.3 Å². The van der Waals surface area contributed by atoms with E-state index in [2.05, 4.69) is 0 Å². The summed E-state index contributed by atoms with van der Waals surface area (Å²) < 4.78 is 0. The van der Waals surface area contributed by atoms with Crippen molar-refractivity contribution in [2.24, 2.45) is 5.92 Å². The van der Waals surface area contributed by atoms with E-state index < -0.39 is 11.9 Å². The molecule has 1 aliphatic rings. The van der Waals surface area contributed by atoms with Crippen molar-refractivity contribution < 1.29 is 14.7 Å². The van der Waals surface area contributed by atoms with Crippen LogP contribution >= 0.6 is 0 Å². The normalized spacial score (nSPS) is 21.5. The molecule has 0 spiro atoms. The molecule has 20 heavy (non-hydrogen) atoms. The number of carboxylic acids is 1. The first-order valence-electron chi connectivity index (χ1n) is 6.47. The van der Waals surface area contributed by atoms with Crippen LogP contribution in [-0.4, -0.2) is 35.0 Å².